The van der Waals surface area contributed by atoms with Crippen LogP contribution in [0.2, 0.25) is 0 Å². The summed E-state index contributed by atoms with van der Waals surface area (Å²) in [5, 5.41) is 19.0. The molecule has 6 heteroatoms. The van der Waals surface area contributed by atoms with E-state index in [0.717, 1.165) is 0 Å². The summed E-state index contributed by atoms with van der Waals surface area (Å²) in [5.74, 6) is -2.75. The number of hydrogen-bond acceptors (Lipinski definition) is 4. The van der Waals surface area contributed by atoms with Gasteiger partial charge < -0.3 is 10.2 Å². The topological polar surface area (TPSA) is 70.4 Å². The number of aromatic nitrogens is 1. The molecule has 0 radical (unpaired) electrons. The van der Waals surface area contributed by atoms with Crippen molar-refractivity contribution >= 4 is 11.5 Å². The smallest absolute Gasteiger partial charge is 0.300 e. The summed E-state index contributed by atoms with van der Waals surface area (Å²) < 4.78 is 24.0. The monoisotopic (exact) mass is 243 g/mol. The molecule has 0 fully saturated rings. The number of ketones is 1. The lowest BCUT2D eigenvalue weighted by Gasteiger charge is -2.07. The maximum atomic E-state index is 12.0. The van der Waals surface area contributed by atoms with E-state index in [0.29, 0.717) is 17.3 Å². The second-order valence-corrected chi connectivity index (χ2v) is 3.51. The SMILES string of the molecule is Cc1cc(C)c(/C(O)=C/C(=O)C(F)F)c(O)n1. The van der Waals surface area contributed by atoms with Crippen molar-refractivity contribution in [2.45, 2.75) is 20.3 Å². The van der Waals surface area contributed by atoms with Gasteiger partial charge in [-0.25, -0.2) is 13.8 Å². The Morgan fingerprint density at radius 1 is 1.47 bits per heavy atom. The summed E-state index contributed by atoms with van der Waals surface area (Å²) in [4.78, 5) is 14.4. The van der Waals surface area contributed by atoms with Crippen LogP contribution in [0, 0.1) is 13.8 Å². The quantitative estimate of drug-likeness (QED) is 0.630. The van der Waals surface area contributed by atoms with Gasteiger partial charge in [-0.1, -0.05) is 0 Å². The van der Waals surface area contributed by atoms with Crippen LogP contribution in [0.15, 0.2) is 12.1 Å². The van der Waals surface area contributed by atoms with Crippen molar-refractivity contribution in [2.24, 2.45) is 0 Å². The number of aliphatic hydroxyl groups is 1. The molecule has 2 N–H and O–H groups in total. The van der Waals surface area contributed by atoms with Crippen molar-refractivity contribution < 1.29 is 23.8 Å². The van der Waals surface area contributed by atoms with Crippen LogP contribution in [-0.2, 0) is 4.79 Å². The van der Waals surface area contributed by atoms with Crippen LogP contribution in [0.4, 0.5) is 8.78 Å². The summed E-state index contributed by atoms with van der Waals surface area (Å²) in [7, 11) is 0. The third-order valence-electron chi connectivity index (χ3n) is 2.08. The predicted octanol–water partition coefficient (Wildman–Crippen LogP) is 2.14. The number of aliphatic hydroxyl groups excluding tert-OH is 1. The maximum absolute atomic E-state index is 12.0. The molecule has 0 unspecified atom stereocenters. The minimum Gasteiger partial charge on any atom is -0.507 e. The maximum Gasteiger partial charge on any atom is 0.300 e. The van der Waals surface area contributed by atoms with Gasteiger partial charge in [0.15, 0.2) is 0 Å². The average molecular weight is 243 g/mol. The highest BCUT2D eigenvalue weighted by atomic mass is 19.3. The van der Waals surface area contributed by atoms with Gasteiger partial charge in [-0.2, -0.15) is 0 Å². The van der Waals surface area contributed by atoms with Crippen molar-refractivity contribution in [2.75, 3.05) is 0 Å². The van der Waals surface area contributed by atoms with E-state index in [1.165, 1.54) is 0 Å². The second kappa shape index (κ2) is 4.90. The van der Waals surface area contributed by atoms with Gasteiger partial charge >= 0.3 is 0 Å². The van der Waals surface area contributed by atoms with Gasteiger partial charge in [-0.15, -0.1) is 0 Å². The highest BCUT2D eigenvalue weighted by Gasteiger charge is 2.17. The van der Waals surface area contributed by atoms with Gasteiger partial charge in [-0.05, 0) is 25.5 Å². The molecule has 0 saturated heterocycles. The molecule has 0 amide bonds. The fraction of sp³-hybridized carbons (Fsp3) is 0.273. The lowest BCUT2D eigenvalue weighted by atomic mass is 10.1. The number of halogens is 2. The molecule has 0 bridgehead atoms. The summed E-state index contributed by atoms with van der Waals surface area (Å²) in [6.07, 6.45) is -2.82. The number of nitrogens with zero attached hydrogens (tertiary/aromatic N) is 1. The number of aromatic hydroxyl groups is 1. The Morgan fingerprint density at radius 2 is 2.06 bits per heavy atom. The Bertz CT molecular complexity index is 461. The van der Waals surface area contributed by atoms with E-state index in [4.69, 9.17) is 0 Å². The van der Waals surface area contributed by atoms with Gasteiger partial charge in [0, 0.05) is 11.8 Å². The van der Waals surface area contributed by atoms with Crippen molar-refractivity contribution in [3.63, 3.8) is 0 Å². The van der Waals surface area contributed by atoms with Gasteiger partial charge in [0.25, 0.3) is 6.43 Å². The Balaban J connectivity index is 3.21. The number of carbonyl (C=O) groups excluding carboxylic acids is 1. The van der Waals surface area contributed by atoms with Crippen LogP contribution in [0.25, 0.3) is 5.76 Å². The fourth-order valence-corrected chi connectivity index (χ4v) is 1.40. The molecule has 0 aromatic carbocycles. The van der Waals surface area contributed by atoms with Gasteiger partial charge in [-0.3, -0.25) is 4.79 Å². The van der Waals surface area contributed by atoms with Crippen molar-refractivity contribution in [3.8, 4) is 5.88 Å². The van der Waals surface area contributed by atoms with E-state index in [1.54, 1.807) is 19.9 Å². The first-order valence-electron chi connectivity index (χ1n) is 4.73. The first kappa shape index (κ1) is 13.1. The molecule has 1 aromatic heterocycles. The molecule has 1 rings (SSSR count). The lowest BCUT2D eigenvalue weighted by Crippen LogP contribution is -2.07. The van der Waals surface area contributed by atoms with Crippen molar-refractivity contribution in [1.29, 1.82) is 0 Å². The Kier molecular flexibility index (Phi) is 3.77. The van der Waals surface area contributed by atoms with Crippen LogP contribution in [-0.4, -0.2) is 27.4 Å². The van der Waals surface area contributed by atoms with E-state index in [2.05, 4.69) is 4.98 Å². The van der Waals surface area contributed by atoms with Crippen LogP contribution in [0.3, 0.4) is 0 Å². The van der Waals surface area contributed by atoms with E-state index < -0.39 is 23.8 Å². The number of pyridine rings is 1. The van der Waals surface area contributed by atoms with E-state index >= 15 is 0 Å². The molecule has 0 atom stereocenters. The second-order valence-electron chi connectivity index (χ2n) is 3.51. The number of alkyl halides is 2. The summed E-state index contributed by atoms with van der Waals surface area (Å²) >= 11 is 0. The summed E-state index contributed by atoms with van der Waals surface area (Å²) in [5.41, 5.74) is 0.826. The normalized spacial score (nSPS) is 11.9. The molecule has 1 heterocycles. The van der Waals surface area contributed by atoms with Gasteiger partial charge in [0.2, 0.25) is 11.7 Å². The standard InChI is InChI=1S/C11H11F2NO3/c1-5-3-6(2)14-11(17)9(5)7(15)4-8(16)10(12)13/h3-4,10,15H,1-2H3,(H,14,17)/b7-4-. The molecule has 0 aliphatic carbocycles. The van der Waals surface area contributed by atoms with Crippen molar-refractivity contribution in [3.05, 3.63) is 29.0 Å². The molecule has 92 valence electrons. The number of carbonyl (C=O) groups is 1. The highest BCUT2D eigenvalue weighted by molar-refractivity contribution is 5.98. The molecular formula is C11H11F2NO3. The number of aryl methyl sites for hydroxylation is 2. The van der Waals surface area contributed by atoms with Crippen LogP contribution >= 0.6 is 0 Å². The van der Waals surface area contributed by atoms with Crippen LogP contribution in [0.1, 0.15) is 16.8 Å². The molecule has 1 aromatic rings. The van der Waals surface area contributed by atoms with Crippen LogP contribution < -0.4 is 0 Å². The minimum atomic E-state index is -3.20. The number of rotatable bonds is 3. The molecule has 0 saturated carbocycles. The molecular weight excluding hydrogens is 232 g/mol. The fourth-order valence-electron chi connectivity index (χ4n) is 1.40. The Labute approximate surface area is 96.2 Å². The van der Waals surface area contributed by atoms with Gasteiger partial charge in [0.05, 0.1) is 5.56 Å². The summed E-state index contributed by atoms with van der Waals surface area (Å²) in [6, 6.07) is 1.55. The zero-order valence-corrected chi connectivity index (χ0v) is 9.24. The number of allylic oxidation sites excluding steroid dienone is 1. The molecule has 0 spiro atoms. The van der Waals surface area contributed by atoms with Crippen LogP contribution in [0.5, 0.6) is 5.88 Å². The van der Waals surface area contributed by atoms with Gasteiger partial charge in [0.1, 0.15) is 5.76 Å². The first-order valence-corrected chi connectivity index (χ1v) is 4.73. The minimum absolute atomic E-state index is 0.121. The van der Waals surface area contributed by atoms with E-state index in [9.17, 15) is 23.8 Å². The van der Waals surface area contributed by atoms with E-state index in [-0.39, 0.29) is 5.56 Å². The first-order chi connectivity index (χ1) is 7.82. The zero-order valence-electron chi connectivity index (χ0n) is 9.24. The average Bonchev–Trinajstić information content (AvgIpc) is 2.15. The highest BCUT2D eigenvalue weighted by Crippen LogP contribution is 2.26. The zero-order chi connectivity index (χ0) is 13.2. The largest absolute Gasteiger partial charge is 0.507 e. The molecule has 0 aliphatic rings. The third kappa shape index (κ3) is 2.99. The molecule has 17 heavy (non-hydrogen) atoms. The van der Waals surface area contributed by atoms with Crippen molar-refractivity contribution in [1.82, 2.24) is 4.98 Å². The Hall–Kier alpha value is -1.98. The number of hydrogen-bond donors (Lipinski definition) is 2. The summed E-state index contributed by atoms with van der Waals surface area (Å²) in [6.45, 7) is 3.18. The molecule has 0 aliphatic heterocycles. The Morgan fingerprint density at radius 3 is 2.53 bits per heavy atom. The molecule has 4 nitrogen and oxygen atoms in total. The predicted molar refractivity (Wildman–Crippen MR) is 57.0 cm³/mol. The third-order valence-corrected chi connectivity index (χ3v) is 2.08. The van der Waals surface area contributed by atoms with E-state index in [1.807, 2.05) is 0 Å². The lowest BCUT2D eigenvalue weighted by molar-refractivity contribution is -0.124.